The summed E-state index contributed by atoms with van der Waals surface area (Å²) in [6.45, 7) is 0.876. The van der Waals surface area contributed by atoms with E-state index in [1.807, 2.05) is 0 Å². The van der Waals surface area contributed by atoms with Crippen molar-refractivity contribution in [3.63, 3.8) is 0 Å². The lowest BCUT2D eigenvalue weighted by molar-refractivity contribution is 0.616. The molecule has 1 aliphatic rings. The first kappa shape index (κ1) is 9.66. The average molecular weight is 211 g/mol. The van der Waals surface area contributed by atoms with Gasteiger partial charge in [-0.15, -0.1) is 0 Å². The molecule has 3 heteroatoms. The molecular weight excluding hydrogens is 200 g/mol. The van der Waals surface area contributed by atoms with Crippen molar-refractivity contribution in [2.24, 2.45) is 4.99 Å². The van der Waals surface area contributed by atoms with E-state index in [0.717, 1.165) is 25.1 Å². The summed E-state index contributed by atoms with van der Waals surface area (Å²) >= 11 is 5.91. The molecule has 0 N–H and O–H groups in total. The van der Waals surface area contributed by atoms with Crippen LogP contribution in [-0.2, 0) is 6.42 Å². The summed E-state index contributed by atoms with van der Waals surface area (Å²) in [6.07, 6.45) is 2.62. The van der Waals surface area contributed by atoms with E-state index in [1.165, 1.54) is 6.07 Å². The Balaban J connectivity index is 2.23. The third kappa shape index (κ3) is 1.95. The molecule has 0 saturated heterocycles. The molecule has 1 aliphatic heterocycles. The molecule has 1 aromatic carbocycles. The molecule has 0 aliphatic carbocycles. The van der Waals surface area contributed by atoms with Crippen LogP contribution in [0.4, 0.5) is 4.39 Å². The zero-order valence-corrected chi connectivity index (χ0v) is 8.52. The van der Waals surface area contributed by atoms with Crippen LogP contribution in [0.1, 0.15) is 18.4 Å². The first-order valence-electron chi connectivity index (χ1n) is 4.72. The molecule has 74 valence electrons. The highest BCUT2D eigenvalue weighted by Gasteiger charge is 2.12. The molecular formula is C11H11ClFN. The number of hydrogen-bond donors (Lipinski definition) is 0. The standard InChI is InChI=1S/C11H11ClFN/c12-10-4-1-5-11(13)9(10)7-8-3-2-6-14-8/h1,4-5H,2-3,6-7H2/i13-1. The monoisotopic (exact) mass is 210 g/mol. The topological polar surface area (TPSA) is 12.4 Å². The lowest BCUT2D eigenvalue weighted by atomic mass is 10.1. The quantitative estimate of drug-likeness (QED) is 0.711. The highest BCUT2D eigenvalue weighted by atomic mass is 35.5. The Morgan fingerprint density at radius 1 is 1.43 bits per heavy atom. The molecule has 1 aromatic rings. The van der Waals surface area contributed by atoms with E-state index in [9.17, 15) is 4.39 Å². The van der Waals surface area contributed by atoms with E-state index in [4.69, 9.17) is 11.6 Å². The number of rotatable bonds is 2. The molecule has 0 bridgehead atoms. The van der Waals surface area contributed by atoms with Crippen LogP contribution >= 0.6 is 11.6 Å². The van der Waals surface area contributed by atoms with Crippen molar-refractivity contribution in [2.75, 3.05) is 6.54 Å². The van der Waals surface area contributed by atoms with Crippen LogP contribution in [0.5, 0.6) is 0 Å². The van der Waals surface area contributed by atoms with E-state index < -0.39 is 0 Å². The van der Waals surface area contributed by atoms with E-state index >= 15 is 0 Å². The van der Waals surface area contributed by atoms with Gasteiger partial charge in [0, 0.05) is 29.3 Å². The Bertz CT molecular complexity index is 353. The minimum Gasteiger partial charge on any atom is -0.294 e. The zero-order chi connectivity index (χ0) is 9.97. The molecule has 0 aromatic heterocycles. The molecule has 0 saturated carbocycles. The predicted octanol–water partition coefficient (Wildman–Crippen LogP) is 3.26. The molecule has 0 radical (unpaired) electrons. The average Bonchev–Trinajstić information content (AvgIpc) is 2.64. The maximum Gasteiger partial charge on any atom is 0.128 e. The third-order valence-electron chi connectivity index (χ3n) is 2.40. The first-order valence-corrected chi connectivity index (χ1v) is 5.10. The summed E-state index contributed by atoms with van der Waals surface area (Å²) in [7, 11) is 0. The van der Waals surface area contributed by atoms with Crippen LogP contribution in [0.15, 0.2) is 23.2 Å². The number of nitrogens with zero attached hydrogens (tertiary/aromatic N) is 1. The summed E-state index contributed by atoms with van der Waals surface area (Å²) in [6, 6.07) is 4.78. The molecule has 2 rings (SSSR count). The van der Waals surface area contributed by atoms with Gasteiger partial charge in [-0.05, 0) is 25.0 Å². The minimum absolute atomic E-state index is 0.230. The van der Waals surface area contributed by atoms with Gasteiger partial charge < -0.3 is 0 Å². The second-order valence-electron chi connectivity index (χ2n) is 3.43. The fourth-order valence-electron chi connectivity index (χ4n) is 1.65. The van der Waals surface area contributed by atoms with Gasteiger partial charge in [-0.1, -0.05) is 17.7 Å². The Hall–Kier alpha value is -0.890. The van der Waals surface area contributed by atoms with Crippen LogP contribution in [0.2, 0.25) is 5.02 Å². The van der Waals surface area contributed by atoms with Crippen LogP contribution in [-0.4, -0.2) is 12.3 Å². The summed E-state index contributed by atoms with van der Waals surface area (Å²) < 4.78 is 13.4. The molecule has 0 amide bonds. The van der Waals surface area contributed by atoms with Crippen LogP contribution < -0.4 is 0 Å². The van der Waals surface area contributed by atoms with Crippen molar-refractivity contribution in [2.45, 2.75) is 19.3 Å². The Morgan fingerprint density at radius 3 is 2.93 bits per heavy atom. The Labute approximate surface area is 87.6 Å². The van der Waals surface area contributed by atoms with Gasteiger partial charge in [-0.3, -0.25) is 4.99 Å². The molecule has 0 atom stereocenters. The second-order valence-corrected chi connectivity index (χ2v) is 3.84. The lowest BCUT2D eigenvalue weighted by Gasteiger charge is -2.04. The molecule has 0 spiro atoms. The fourth-order valence-corrected chi connectivity index (χ4v) is 1.88. The predicted molar refractivity (Wildman–Crippen MR) is 56.7 cm³/mol. The first-order chi connectivity index (χ1) is 6.77. The molecule has 0 fully saturated rings. The van der Waals surface area contributed by atoms with Gasteiger partial charge in [0.25, 0.3) is 0 Å². The summed E-state index contributed by atoms with van der Waals surface area (Å²) in [5.74, 6) is -0.230. The Morgan fingerprint density at radius 2 is 2.29 bits per heavy atom. The van der Waals surface area contributed by atoms with Crippen LogP contribution in [0.25, 0.3) is 0 Å². The van der Waals surface area contributed by atoms with E-state index in [-0.39, 0.29) is 5.82 Å². The normalized spacial score (nSPS) is 15.7. The van der Waals surface area contributed by atoms with Crippen molar-refractivity contribution in [1.29, 1.82) is 0 Å². The summed E-state index contributed by atoms with van der Waals surface area (Å²) in [4.78, 5) is 4.30. The number of halogens is 2. The SMILES string of the molecule is [18F]c1cccc(Cl)c1CC1=NCCC1. The summed E-state index contributed by atoms with van der Waals surface area (Å²) in [5, 5.41) is 0.500. The smallest absolute Gasteiger partial charge is 0.128 e. The van der Waals surface area contributed by atoms with Gasteiger partial charge in [0.05, 0.1) is 0 Å². The van der Waals surface area contributed by atoms with E-state index in [0.29, 0.717) is 17.0 Å². The molecule has 0 unspecified atom stereocenters. The number of aliphatic imine (C=N–C) groups is 1. The van der Waals surface area contributed by atoms with Crippen LogP contribution in [0, 0.1) is 5.82 Å². The second kappa shape index (κ2) is 4.09. The number of hydrogen-bond acceptors (Lipinski definition) is 1. The van der Waals surface area contributed by atoms with Gasteiger partial charge in [-0.2, -0.15) is 0 Å². The Kier molecular flexibility index (Phi) is 2.82. The van der Waals surface area contributed by atoms with Gasteiger partial charge >= 0.3 is 0 Å². The maximum absolute atomic E-state index is 13.4. The van der Waals surface area contributed by atoms with E-state index in [1.54, 1.807) is 12.1 Å². The largest absolute Gasteiger partial charge is 0.294 e. The van der Waals surface area contributed by atoms with Gasteiger partial charge in [0.1, 0.15) is 5.82 Å². The maximum atomic E-state index is 13.4. The van der Waals surface area contributed by atoms with Crippen molar-refractivity contribution in [1.82, 2.24) is 0 Å². The van der Waals surface area contributed by atoms with E-state index in [2.05, 4.69) is 4.99 Å². The molecule has 14 heavy (non-hydrogen) atoms. The highest BCUT2D eigenvalue weighted by Crippen LogP contribution is 2.21. The van der Waals surface area contributed by atoms with Crippen molar-refractivity contribution >= 4 is 17.3 Å². The summed E-state index contributed by atoms with van der Waals surface area (Å²) in [5.41, 5.74) is 1.65. The highest BCUT2D eigenvalue weighted by molar-refractivity contribution is 6.31. The van der Waals surface area contributed by atoms with Crippen molar-refractivity contribution < 1.29 is 4.39 Å². The van der Waals surface area contributed by atoms with Gasteiger partial charge in [0.15, 0.2) is 0 Å². The molecule has 1 heterocycles. The fraction of sp³-hybridized carbons (Fsp3) is 0.364. The zero-order valence-electron chi connectivity index (χ0n) is 7.76. The third-order valence-corrected chi connectivity index (χ3v) is 2.76. The van der Waals surface area contributed by atoms with Crippen molar-refractivity contribution in [3.8, 4) is 0 Å². The van der Waals surface area contributed by atoms with Crippen molar-refractivity contribution in [3.05, 3.63) is 34.6 Å². The molecule has 1 nitrogen and oxygen atoms in total. The van der Waals surface area contributed by atoms with Crippen LogP contribution in [0.3, 0.4) is 0 Å². The van der Waals surface area contributed by atoms with Gasteiger partial charge in [0.2, 0.25) is 0 Å². The minimum atomic E-state index is -0.230. The van der Waals surface area contributed by atoms with Gasteiger partial charge in [-0.25, -0.2) is 4.39 Å². The lowest BCUT2D eigenvalue weighted by Crippen LogP contribution is -2.02. The number of benzene rings is 1.